The highest BCUT2D eigenvalue weighted by atomic mass is 32.1. The lowest BCUT2D eigenvalue weighted by Crippen LogP contribution is -2.31. The Balaban J connectivity index is 2.68. The molecular weight excluding hydrogens is 234 g/mol. The van der Waals surface area contributed by atoms with Gasteiger partial charge in [-0.2, -0.15) is 12.6 Å². The van der Waals surface area contributed by atoms with Crippen molar-refractivity contribution in [3.63, 3.8) is 0 Å². The number of esters is 1. The van der Waals surface area contributed by atoms with Gasteiger partial charge in [-0.05, 0) is 31.2 Å². The van der Waals surface area contributed by atoms with Gasteiger partial charge in [-0.1, -0.05) is 30.3 Å². The number of hydrogen-bond donors (Lipinski definition) is 2. The number of benzene rings is 1. The van der Waals surface area contributed by atoms with E-state index in [2.05, 4.69) is 17.9 Å². The third-order valence-corrected chi connectivity index (χ3v) is 2.65. The Bertz CT molecular complexity index is 329. The largest absolute Gasteiger partial charge is 0.465 e. The smallest absolute Gasteiger partial charge is 0.327 e. The van der Waals surface area contributed by atoms with Gasteiger partial charge in [-0.3, -0.25) is 0 Å². The molecule has 0 radical (unpaired) electrons. The fraction of sp³-hybridized carbons (Fsp3) is 0.462. The highest BCUT2D eigenvalue weighted by molar-refractivity contribution is 7.80. The third-order valence-electron chi connectivity index (χ3n) is 2.34. The molecule has 0 aliphatic carbocycles. The van der Waals surface area contributed by atoms with E-state index in [9.17, 15) is 4.79 Å². The van der Waals surface area contributed by atoms with E-state index < -0.39 is 0 Å². The van der Waals surface area contributed by atoms with Crippen LogP contribution in [0.4, 0.5) is 0 Å². The van der Waals surface area contributed by atoms with E-state index in [-0.39, 0.29) is 12.0 Å². The summed E-state index contributed by atoms with van der Waals surface area (Å²) in [4.78, 5) is 11.8. The number of hydrogen-bond acceptors (Lipinski definition) is 4. The zero-order valence-electron chi connectivity index (χ0n) is 10.1. The monoisotopic (exact) mass is 253 g/mol. The Hall–Kier alpha value is -1.00. The van der Waals surface area contributed by atoms with Crippen molar-refractivity contribution in [2.45, 2.75) is 19.4 Å². The molecule has 0 spiro atoms. The second kappa shape index (κ2) is 8.14. The first-order valence-corrected chi connectivity index (χ1v) is 6.48. The molecule has 0 aromatic heterocycles. The number of rotatable bonds is 7. The van der Waals surface area contributed by atoms with Crippen LogP contribution in [0.25, 0.3) is 0 Å². The summed E-state index contributed by atoms with van der Waals surface area (Å²) in [6.07, 6.45) is 0.922. The quantitative estimate of drug-likeness (QED) is 0.444. The van der Waals surface area contributed by atoms with Crippen molar-refractivity contribution in [1.82, 2.24) is 5.32 Å². The molecule has 0 amide bonds. The van der Waals surface area contributed by atoms with E-state index >= 15 is 0 Å². The summed E-state index contributed by atoms with van der Waals surface area (Å²) in [5, 5.41) is 3.20. The molecule has 1 aromatic carbocycles. The molecule has 17 heavy (non-hydrogen) atoms. The molecule has 3 nitrogen and oxygen atoms in total. The second-order valence-electron chi connectivity index (χ2n) is 3.63. The van der Waals surface area contributed by atoms with Gasteiger partial charge in [-0.15, -0.1) is 0 Å². The van der Waals surface area contributed by atoms with Gasteiger partial charge in [0.25, 0.3) is 0 Å². The maximum atomic E-state index is 11.8. The van der Waals surface area contributed by atoms with Gasteiger partial charge in [-0.25, -0.2) is 4.79 Å². The minimum Gasteiger partial charge on any atom is -0.465 e. The summed E-state index contributed by atoms with van der Waals surface area (Å²) in [5.41, 5.74) is 0.935. The lowest BCUT2D eigenvalue weighted by Gasteiger charge is -2.17. The minimum atomic E-state index is -0.379. The standard InChI is InChI=1S/C13H19NO2S/c1-2-16-13(15)12(14-9-6-10-17)11-7-4-3-5-8-11/h3-5,7-8,12,14,17H,2,6,9-10H2,1H3. The van der Waals surface area contributed by atoms with E-state index in [0.717, 1.165) is 24.3 Å². The second-order valence-corrected chi connectivity index (χ2v) is 4.07. The Kier molecular flexibility index (Phi) is 6.74. The summed E-state index contributed by atoms with van der Waals surface area (Å²) < 4.78 is 5.07. The van der Waals surface area contributed by atoms with Crippen LogP contribution in [0, 0.1) is 0 Å². The summed E-state index contributed by atoms with van der Waals surface area (Å²) in [6, 6.07) is 9.24. The van der Waals surface area contributed by atoms with Crippen molar-refractivity contribution in [1.29, 1.82) is 0 Å². The van der Waals surface area contributed by atoms with Crippen molar-refractivity contribution in [3.8, 4) is 0 Å². The zero-order chi connectivity index (χ0) is 12.5. The van der Waals surface area contributed by atoms with Gasteiger partial charge >= 0.3 is 5.97 Å². The number of carbonyl (C=O) groups excluding carboxylic acids is 1. The molecule has 94 valence electrons. The Morgan fingerprint density at radius 1 is 1.41 bits per heavy atom. The summed E-state index contributed by atoms with van der Waals surface area (Å²) in [5.74, 6) is 0.579. The molecule has 0 bridgehead atoms. The fourth-order valence-corrected chi connectivity index (χ4v) is 1.69. The third kappa shape index (κ3) is 4.79. The molecule has 1 rings (SSSR count). The average molecular weight is 253 g/mol. The maximum Gasteiger partial charge on any atom is 0.327 e. The highest BCUT2D eigenvalue weighted by Gasteiger charge is 2.20. The van der Waals surface area contributed by atoms with Gasteiger partial charge in [0.2, 0.25) is 0 Å². The van der Waals surface area contributed by atoms with Gasteiger partial charge in [0.1, 0.15) is 6.04 Å². The van der Waals surface area contributed by atoms with Crippen LogP contribution in [0.3, 0.4) is 0 Å². The summed E-state index contributed by atoms with van der Waals surface area (Å²) >= 11 is 4.15. The Morgan fingerprint density at radius 2 is 2.12 bits per heavy atom. The molecule has 0 saturated carbocycles. The van der Waals surface area contributed by atoms with E-state index in [0.29, 0.717) is 6.61 Å². The van der Waals surface area contributed by atoms with Crippen LogP contribution in [0.1, 0.15) is 24.9 Å². The number of nitrogens with one attached hydrogen (secondary N) is 1. The van der Waals surface area contributed by atoms with Crippen LogP contribution in [-0.2, 0) is 9.53 Å². The van der Waals surface area contributed by atoms with Gasteiger partial charge < -0.3 is 10.1 Å². The Morgan fingerprint density at radius 3 is 2.71 bits per heavy atom. The predicted molar refractivity (Wildman–Crippen MR) is 72.3 cm³/mol. The van der Waals surface area contributed by atoms with Crippen molar-refractivity contribution >= 4 is 18.6 Å². The van der Waals surface area contributed by atoms with Gasteiger partial charge in [0, 0.05) is 0 Å². The van der Waals surface area contributed by atoms with Crippen molar-refractivity contribution < 1.29 is 9.53 Å². The van der Waals surface area contributed by atoms with Crippen molar-refractivity contribution in [3.05, 3.63) is 35.9 Å². The van der Waals surface area contributed by atoms with E-state index in [1.807, 2.05) is 37.3 Å². The molecule has 1 unspecified atom stereocenters. The molecule has 0 saturated heterocycles. The highest BCUT2D eigenvalue weighted by Crippen LogP contribution is 2.14. The zero-order valence-corrected chi connectivity index (χ0v) is 11.0. The molecule has 1 N–H and O–H groups in total. The molecule has 0 fully saturated rings. The first kappa shape index (κ1) is 14.1. The predicted octanol–water partition coefficient (Wildman–Crippen LogP) is 2.20. The molecule has 4 heteroatoms. The molecule has 1 atom stereocenters. The number of thiol groups is 1. The topological polar surface area (TPSA) is 38.3 Å². The lowest BCUT2D eigenvalue weighted by atomic mass is 10.1. The first-order chi connectivity index (χ1) is 8.29. The average Bonchev–Trinajstić information content (AvgIpc) is 2.36. The molecule has 0 heterocycles. The van der Waals surface area contributed by atoms with Crippen LogP contribution >= 0.6 is 12.6 Å². The van der Waals surface area contributed by atoms with E-state index in [1.165, 1.54) is 0 Å². The SMILES string of the molecule is CCOC(=O)C(NCCCS)c1ccccc1. The summed E-state index contributed by atoms with van der Waals surface area (Å²) in [6.45, 7) is 2.96. The fourth-order valence-electron chi connectivity index (χ4n) is 1.53. The lowest BCUT2D eigenvalue weighted by molar-refractivity contribution is -0.145. The normalized spacial score (nSPS) is 12.1. The van der Waals surface area contributed by atoms with Crippen molar-refractivity contribution in [2.75, 3.05) is 18.9 Å². The van der Waals surface area contributed by atoms with E-state index in [4.69, 9.17) is 4.74 Å². The number of ether oxygens (including phenoxy) is 1. The molecule has 1 aromatic rings. The van der Waals surface area contributed by atoms with Crippen LogP contribution in [0.15, 0.2) is 30.3 Å². The Labute approximate surface area is 108 Å². The minimum absolute atomic E-state index is 0.224. The van der Waals surface area contributed by atoms with E-state index in [1.54, 1.807) is 0 Å². The molecule has 0 aliphatic heterocycles. The number of carbonyl (C=O) groups is 1. The van der Waals surface area contributed by atoms with Gasteiger partial charge in [0.05, 0.1) is 6.61 Å². The molecule has 0 aliphatic rings. The van der Waals surface area contributed by atoms with Crippen LogP contribution in [0.2, 0.25) is 0 Å². The van der Waals surface area contributed by atoms with Gasteiger partial charge in [0.15, 0.2) is 0 Å². The first-order valence-electron chi connectivity index (χ1n) is 5.85. The van der Waals surface area contributed by atoms with Crippen LogP contribution < -0.4 is 5.32 Å². The van der Waals surface area contributed by atoms with Crippen LogP contribution in [-0.4, -0.2) is 24.9 Å². The van der Waals surface area contributed by atoms with Crippen LogP contribution in [0.5, 0.6) is 0 Å². The molecular formula is C13H19NO2S. The maximum absolute atomic E-state index is 11.8. The van der Waals surface area contributed by atoms with Crippen molar-refractivity contribution in [2.24, 2.45) is 0 Å². The summed E-state index contributed by atoms with van der Waals surface area (Å²) in [7, 11) is 0.